The molecule has 0 fully saturated rings. The molecule has 0 aliphatic rings. The summed E-state index contributed by atoms with van der Waals surface area (Å²) in [6, 6.07) is 0. The number of aromatic nitrogens is 3. The first-order chi connectivity index (χ1) is 9.10. The lowest BCUT2D eigenvalue weighted by Crippen LogP contribution is -2.61. The van der Waals surface area contributed by atoms with Gasteiger partial charge in [0.25, 0.3) is 0 Å². The lowest BCUT2D eigenvalue weighted by Gasteiger charge is -2.27. The number of halogens is 6. The Morgan fingerprint density at radius 2 is 0.714 bits per heavy atom. The predicted octanol–water partition coefficient (Wildman–Crippen LogP) is 3.43. The highest BCUT2D eigenvalue weighted by Gasteiger charge is 2.36. The number of alkyl halides is 6. The fourth-order valence-corrected chi connectivity index (χ4v) is 3.37. The minimum Gasteiger partial charge on any atom is -0.247 e. The monoisotopic (exact) mass is 681 g/mol. The lowest BCUT2D eigenvalue weighted by molar-refractivity contribution is 0.438. The van der Waals surface area contributed by atoms with E-state index in [9.17, 15) is 14.4 Å². The van der Waals surface area contributed by atoms with Gasteiger partial charge in [0.2, 0.25) is 0 Å². The van der Waals surface area contributed by atoms with Crippen molar-refractivity contribution in [2.75, 3.05) is 0 Å². The summed E-state index contributed by atoms with van der Waals surface area (Å²) in [5.74, 6) is 0. The van der Waals surface area contributed by atoms with Crippen LogP contribution in [-0.2, 0) is 10.1 Å². The van der Waals surface area contributed by atoms with E-state index < -0.39 is 27.1 Å². The molecule has 0 N–H and O–H groups in total. The second-order valence-electron chi connectivity index (χ2n) is 4.38. The van der Waals surface area contributed by atoms with Crippen molar-refractivity contribution in [3.8, 4) is 0 Å². The molecular formula is C9H9Br6N3O3. The van der Waals surface area contributed by atoms with E-state index in [0.29, 0.717) is 0 Å². The summed E-state index contributed by atoms with van der Waals surface area (Å²) in [7, 11) is 0. The fraction of sp³-hybridized carbons (Fsp3) is 0.667. The van der Waals surface area contributed by atoms with Gasteiger partial charge in [-0.2, -0.15) is 0 Å². The highest BCUT2D eigenvalue weighted by Crippen LogP contribution is 2.33. The Morgan fingerprint density at radius 1 is 0.571 bits per heavy atom. The standard InChI is InChI=1S/C9H9Br6N3O3/c1-7(10,11)16-4(19)17(8(2,12)13)6(21)18(5(16)20)9(3,14)15/h1-3H3. The van der Waals surface area contributed by atoms with E-state index in [4.69, 9.17) is 0 Å². The maximum atomic E-state index is 12.5. The Morgan fingerprint density at radius 3 is 0.810 bits per heavy atom. The van der Waals surface area contributed by atoms with Crippen LogP contribution in [0.3, 0.4) is 0 Å². The van der Waals surface area contributed by atoms with Crippen LogP contribution in [0.4, 0.5) is 0 Å². The third-order valence-electron chi connectivity index (χ3n) is 2.33. The summed E-state index contributed by atoms with van der Waals surface area (Å²) < 4.78 is -0.882. The zero-order valence-corrected chi connectivity index (χ0v) is 20.4. The van der Waals surface area contributed by atoms with E-state index >= 15 is 0 Å². The molecule has 1 aromatic heterocycles. The van der Waals surface area contributed by atoms with Crippen LogP contribution in [0.5, 0.6) is 0 Å². The molecule has 6 nitrogen and oxygen atoms in total. The van der Waals surface area contributed by atoms with Gasteiger partial charge in [-0.25, -0.2) is 28.1 Å². The normalized spacial score (nSPS) is 13.6. The third-order valence-corrected chi connectivity index (χ3v) is 4.45. The molecule has 21 heavy (non-hydrogen) atoms. The molecule has 12 heteroatoms. The highest BCUT2D eigenvalue weighted by atomic mass is 79.9. The van der Waals surface area contributed by atoms with E-state index in [0.717, 1.165) is 13.7 Å². The first-order valence-electron chi connectivity index (χ1n) is 5.26. The van der Waals surface area contributed by atoms with Gasteiger partial charge in [0.15, 0.2) is 10.1 Å². The van der Waals surface area contributed by atoms with Crippen LogP contribution in [0, 0.1) is 0 Å². The smallest absolute Gasteiger partial charge is 0.247 e. The molecule has 0 atom stereocenters. The van der Waals surface area contributed by atoms with Crippen molar-refractivity contribution in [3.05, 3.63) is 31.5 Å². The van der Waals surface area contributed by atoms with Crippen LogP contribution < -0.4 is 17.1 Å². The molecule has 0 aromatic carbocycles. The van der Waals surface area contributed by atoms with Gasteiger partial charge in [-0.1, -0.05) is 0 Å². The topological polar surface area (TPSA) is 66.0 Å². The molecule has 0 bridgehead atoms. The number of hydrogen-bond donors (Lipinski definition) is 0. The van der Waals surface area contributed by atoms with E-state index in [1.54, 1.807) is 20.8 Å². The largest absolute Gasteiger partial charge is 0.340 e. The molecule has 0 saturated heterocycles. The molecule has 0 radical (unpaired) electrons. The van der Waals surface area contributed by atoms with Crippen molar-refractivity contribution in [1.82, 2.24) is 13.7 Å². The van der Waals surface area contributed by atoms with Crippen molar-refractivity contribution in [1.29, 1.82) is 0 Å². The molecule has 0 unspecified atom stereocenters. The SMILES string of the molecule is CC(Br)(Br)n1c(=O)n(C(C)(Br)Br)c(=O)n(C(C)(Br)Br)c1=O. The van der Waals surface area contributed by atoms with Crippen molar-refractivity contribution < 1.29 is 0 Å². The molecule has 0 aliphatic heterocycles. The van der Waals surface area contributed by atoms with Gasteiger partial charge < -0.3 is 0 Å². The van der Waals surface area contributed by atoms with Gasteiger partial charge in [0, 0.05) is 0 Å². The summed E-state index contributed by atoms with van der Waals surface area (Å²) in [6.07, 6.45) is 0. The van der Waals surface area contributed by atoms with Gasteiger partial charge >= 0.3 is 17.1 Å². The van der Waals surface area contributed by atoms with Crippen molar-refractivity contribution in [3.63, 3.8) is 0 Å². The van der Waals surface area contributed by atoms with Crippen molar-refractivity contribution in [2.24, 2.45) is 0 Å². The van der Waals surface area contributed by atoms with E-state index in [1.165, 1.54) is 0 Å². The maximum Gasteiger partial charge on any atom is 0.340 e. The average Bonchev–Trinajstić information content (AvgIpc) is 2.07. The summed E-state index contributed by atoms with van der Waals surface area (Å²) in [5, 5.41) is 0. The van der Waals surface area contributed by atoms with Gasteiger partial charge in [0.1, 0.15) is 0 Å². The number of rotatable bonds is 3. The van der Waals surface area contributed by atoms with Crippen LogP contribution in [0.1, 0.15) is 20.8 Å². The van der Waals surface area contributed by atoms with Crippen LogP contribution in [0.2, 0.25) is 0 Å². The molecule has 0 amide bonds. The van der Waals surface area contributed by atoms with Gasteiger partial charge in [-0.15, -0.1) is 0 Å². The van der Waals surface area contributed by atoms with Crippen molar-refractivity contribution in [2.45, 2.75) is 30.8 Å². The minimum absolute atomic E-state index is 0.794. The van der Waals surface area contributed by atoms with Crippen LogP contribution in [-0.4, -0.2) is 13.7 Å². The molecule has 0 saturated carbocycles. The Kier molecular flexibility index (Phi) is 6.10. The zero-order valence-electron chi connectivity index (χ0n) is 10.8. The minimum atomic E-state index is -1.16. The molecule has 1 aromatic rings. The summed E-state index contributed by atoms with van der Waals surface area (Å²) in [4.78, 5) is 37.6. The van der Waals surface area contributed by atoms with Gasteiger partial charge in [-0.3, -0.25) is 0 Å². The fourth-order valence-electron chi connectivity index (χ4n) is 1.55. The second-order valence-corrected chi connectivity index (χ2v) is 16.8. The maximum absolute atomic E-state index is 12.5. The van der Waals surface area contributed by atoms with Crippen LogP contribution in [0.15, 0.2) is 14.4 Å². The van der Waals surface area contributed by atoms with Gasteiger partial charge in [0.05, 0.1) is 0 Å². The average molecular weight is 687 g/mol. The Balaban J connectivity index is 4.21. The second kappa shape index (κ2) is 6.30. The first kappa shape index (κ1) is 20.3. The van der Waals surface area contributed by atoms with Crippen molar-refractivity contribution >= 4 is 95.6 Å². The molecule has 1 heterocycles. The molecule has 0 aliphatic carbocycles. The first-order valence-corrected chi connectivity index (χ1v) is 10.0. The predicted molar refractivity (Wildman–Crippen MR) is 104 cm³/mol. The van der Waals surface area contributed by atoms with E-state index in [2.05, 4.69) is 95.6 Å². The number of nitrogens with zero attached hydrogens (tertiary/aromatic N) is 3. The summed E-state index contributed by atoms with van der Waals surface area (Å²) in [6.45, 7) is 4.65. The highest BCUT2D eigenvalue weighted by molar-refractivity contribution is 9.25. The quantitative estimate of drug-likeness (QED) is 0.459. The molecular weight excluding hydrogens is 678 g/mol. The third kappa shape index (κ3) is 4.23. The Hall–Kier alpha value is 1.29. The van der Waals surface area contributed by atoms with E-state index in [-0.39, 0.29) is 0 Å². The number of hydrogen-bond acceptors (Lipinski definition) is 3. The summed E-state index contributed by atoms with van der Waals surface area (Å²) in [5.41, 5.74) is -2.38. The molecule has 1 rings (SSSR count). The van der Waals surface area contributed by atoms with Crippen LogP contribution in [0.25, 0.3) is 0 Å². The Bertz CT molecular complexity index is 598. The Labute approximate surface area is 170 Å². The van der Waals surface area contributed by atoms with E-state index in [1.807, 2.05) is 0 Å². The van der Waals surface area contributed by atoms with Gasteiger partial charge in [-0.05, 0) is 116 Å². The summed E-state index contributed by atoms with van der Waals surface area (Å²) >= 11 is 19.2. The molecule has 0 spiro atoms. The lowest BCUT2D eigenvalue weighted by atomic mass is 10.6. The zero-order chi connectivity index (χ0) is 17.0. The van der Waals surface area contributed by atoms with Crippen LogP contribution >= 0.6 is 95.6 Å². The molecule has 120 valence electrons.